The van der Waals surface area contributed by atoms with Crippen molar-refractivity contribution >= 4 is 24.1 Å². The third-order valence-electron chi connectivity index (χ3n) is 3.04. The van der Waals surface area contributed by atoms with Gasteiger partial charge in [0.15, 0.2) is 0 Å². The molecule has 0 atom stereocenters. The van der Waals surface area contributed by atoms with Crippen LogP contribution in [0.3, 0.4) is 0 Å². The predicted octanol–water partition coefficient (Wildman–Crippen LogP) is 2.22. The van der Waals surface area contributed by atoms with Gasteiger partial charge in [-0.15, -0.1) is 12.4 Å². The number of halogens is 1. The van der Waals surface area contributed by atoms with E-state index in [4.69, 9.17) is 10.5 Å². The van der Waals surface area contributed by atoms with Gasteiger partial charge in [-0.05, 0) is 37.5 Å². The molecule has 0 amide bonds. The minimum absolute atomic E-state index is 0. The summed E-state index contributed by atoms with van der Waals surface area (Å²) in [5.41, 5.74) is 7.67. The van der Waals surface area contributed by atoms with Crippen molar-refractivity contribution in [1.82, 2.24) is 4.90 Å². The maximum atomic E-state index is 11.6. The molecule has 0 radical (unpaired) electrons. The highest BCUT2D eigenvalue weighted by atomic mass is 35.5. The van der Waals surface area contributed by atoms with Crippen molar-refractivity contribution in [3.63, 3.8) is 0 Å². The molecule has 2 rings (SSSR count). The molecule has 1 aliphatic carbocycles. The first kappa shape index (κ1) is 15.8. The van der Waals surface area contributed by atoms with E-state index in [1.54, 1.807) is 0 Å². The number of ether oxygens (including phenoxy) is 1. The number of benzene rings is 1. The van der Waals surface area contributed by atoms with E-state index in [-0.39, 0.29) is 18.4 Å². The summed E-state index contributed by atoms with van der Waals surface area (Å²) in [5.74, 6) is -0.145. The molecule has 1 saturated carbocycles. The molecule has 0 aromatic heterocycles. The van der Waals surface area contributed by atoms with Crippen LogP contribution < -0.4 is 5.73 Å². The fourth-order valence-electron chi connectivity index (χ4n) is 2.05. The Morgan fingerprint density at radius 2 is 2.21 bits per heavy atom. The van der Waals surface area contributed by atoms with Gasteiger partial charge in [-0.25, -0.2) is 0 Å². The van der Waals surface area contributed by atoms with Crippen LogP contribution >= 0.6 is 12.4 Å². The van der Waals surface area contributed by atoms with Crippen LogP contribution in [0.5, 0.6) is 0 Å². The van der Waals surface area contributed by atoms with Crippen molar-refractivity contribution in [2.45, 2.75) is 32.4 Å². The monoisotopic (exact) mass is 284 g/mol. The van der Waals surface area contributed by atoms with E-state index < -0.39 is 0 Å². The molecule has 5 heteroatoms. The number of hydrogen-bond donors (Lipinski definition) is 1. The lowest BCUT2D eigenvalue weighted by Gasteiger charge is -2.21. The fourth-order valence-corrected chi connectivity index (χ4v) is 2.05. The van der Waals surface area contributed by atoms with Crippen LogP contribution in [0, 0.1) is 0 Å². The van der Waals surface area contributed by atoms with Crippen LogP contribution in [0.4, 0.5) is 5.69 Å². The zero-order chi connectivity index (χ0) is 13.0. The Morgan fingerprint density at radius 1 is 1.47 bits per heavy atom. The van der Waals surface area contributed by atoms with Crippen LogP contribution in [-0.4, -0.2) is 30.1 Å². The minimum Gasteiger partial charge on any atom is -0.465 e. The van der Waals surface area contributed by atoms with Gasteiger partial charge in [0.05, 0.1) is 13.2 Å². The molecule has 0 bridgehead atoms. The summed E-state index contributed by atoms with van der Waals surface area (Å²) in [6.45, 7) is 3.40. The standard InChI is InChI=1S/C14H20N2O2.ClH/c1-2-18-14(17)10-16(13-6-7-13)9-11-4-3-5-12(15)8-11;/h3-5,8,13H,2,6-7,9-10,15H2,1H3;1H. The van der Waals surface area contributed by atoms with Gasteiger partial charge in [-0.2, -0.15) is 0 Å². The average Bonchev–Trinajstić information content (AvgIpc) is 3.12. The summed E-state index contributed by atoms with van der Waals surface area (Å²) >= 11 is 0. The molecular weight excluding hydrogens is 264 g/mol. The first-order chi connectivity index (χ1) is 8.69. The number of rotatable bonds is 6. The van der Waals surface area contributed by atoms with E-state index in [1.807, 2.05) is 31.2 Å². The smallest absolute Gasteiger partial charge is 0.320 e. The SMILES string of the molecule is CCOC(=O)CN(Cc1cccc(N)c1)C1CC1.Cl. The lowest BCUT2D eigenvalue weighted by Crippen LogP contribution is -2.32. The van der Waals surface area contributed by atoms with Gasteiger partial charge in [0.25, 0.3) is 0 Å². The van der Waals surface area contributed by atoms with E-state index in [2.05, 4.69) is 4.90 Å². The maximum absolute atomic E-state index is 11.6. The summed E-state index contributed by atoms with van der Waals surface area (Å²) in [5, 5.41) is 0. The molecular formula is C14H21ClN2O2. The van der Waals surface area contributed by atoms with Crippen molar-refractivity contribution < 1.29 is 9.53 Å². The van der Waals surface area contributed by atoms with E-state index >= 15 is 0 Å². The molecule has 2 N–H and O–H groups in total. The van der Waals surface area contributed by atoms with Crippen LogP contribution in [0.15, 0.2) is 24.3 Å². The van der Waals surface area contributed by atoms with Crippen molar-refractivity contribution in [3.8, 4) is 0 Å². The van der Waals surface area contributed by atoms with Crippen LogP contribution in [-0.2, 0) is 16.1 Å². The summed E-state index contributed by atoms with van der Waals surface area (Å²) in [6.07, 6.45) is 2.34. The zero-order valence-electron chi connectivity index (χ0n) is 11.2. The zero-order valence-corrected chi connectivity index (χ0v) is 12.0. The van der Waals surface area contributed by atoms with Gasteiger partial charge in [-0.3, -0.25) is 9.69 Å². The number of hydrogen-bond acceptors (Lipinski definition) is 4. The van der Waals surface area contributed by atoms with Crippen molar-refractivity contribution in [3.05, 3.63) is 29.8 Å². The van der Waals surface area contributed by atoms with Crippen molar-refractivity contribution in [1.29, 1.82) is 0 Å². The molecule has 0 aliphatic heterocycles. The molecule has 19 heavy (non-hydrogen) atoms. The number of carbonyl (C=O) groups is 1. The highest BCUT2D eigenvalue weighted by molar-refractivity contribution is 5.85. The Balaban J connectivity index is 0.00000180. The second kappa shape index (κ2) is 7.36. The number of carbonyl (C=O) groups excluding carboxylic acids is 1. The predicted molar refractivity (Wildman–Crippen MR) is 78.2 cm³/mol. The number of nitrogen functional groups attached to an aromatic ring is 1. The first-order valence-electron chi connectivity index (χ1n) is 6.43. The van der Waals surface area contributed by atoms with Gasteiger partial charge in [-0.1, -0.05) is 12.1 Å². The Kier molecular flexibility index (Phi) is 6.12. The van der Waals surface area contributed by atoms with Gasteiger partial charge < -0.3 is 10.5 Å². The van der Waals surface area contributed by atoms with E-state index in [1.165, 1.54) is 12.8 Å². The summed E-state index contributed by atoms with van der Waals surface area (Å²) in [4.78, 5) is 13.7. The largest absolute Gasteiger partial charge is 0.465 e. The summed E-state index contributed by atoms with van der Waals surface area (Å²) in [7, 11) is 0. The lowest BCUT2D eigenvalue weighted by molar-refractivity contribution is -0.144. The highest BCUT2D eigenvalue weighted by Gasteiger charge is 2.30. The Morgan fingerprint density at radius 3 is 2.79 bits per heavy atom. The minimum atomic E-state index is -0.145. The van der Waals surface area contributed by atoms with E-state index in [0.29, 0.717) is 19.2 Å². The highest BCUT2D eigenvalue weighted by Crippen LogP contribution is 2.28. The number of nitrogens with zero attached hydrogens (tertiary/aromatic N) is 1. The number of esters is 1. The Labute approximate surface area is 120 Å². The van der Waals surface area contributed by atoms with E-state index in [9.17, 15) is 4.79 Å². The second-order valence-corrected chi connectivity index (χ2v) is 4.69. The van der Waals surface area contributed by atoms with Gasteiger partial charge >= 0.3 is 5.97 Å². The molecule has 0 heterocycles. The molecule has 0 spiro atoms. The molecule has 0 unspecified atom stereocenters. The molecule has 106 valence electrons. The fraction of sp³-hybridized carbons (Fsp3) is 0.500. The maximum Gasteiger partial charge on any atom is 0.320 e. The third-order valence-corrected chi connectivity index (χ3v) is 3.04. The van der Waals surface area contributed by atoms with Crippen LogP contribution in [0.2, 0.25) is 0 Å². The molecule has 4 nitrogen and oxygen atoms in total. The topological polar surface area (TPSA) is 55.6 Å². The summed E-state index contributed by atoms with van der Waals surface area (Å²) < 4.78 is 5.01. The average molecular weight is 285 g/mol. The molecule has 1 aromatic rings. The lowest BCUT2D eigenvalue weighted by atomic mass is 10.2. The Hall–Kier alpha value is -1.26. The second-order valence-electron chi connectivity index (χ2n) is 4.69. The van der Waals surface area contributed by atoms with Gasteiger partial charge in [0, 0.05) is 18.3 Å². The summed E-state index contributed by atoms with van der Waals surface area (Å²) in [6, 6.07) is 8.34. The molecule has 0 saturated heterocycles. The normalized spacial score (nSPS) is 14.0. The van der Waals surface area contributed by atoms with Crippen LogP contribution in [0.1, 0.15) is 25.3 Å². The third kappa shape index (κ3) is 5.09. The molecule has 1 aliphatic rings. The van der Waals surface area contributed by atoms with Crippen molar-refractivity contribution in [2.75, 3.05) is 18.9 Å². The van der Waals surface area contributed by atoms with Gasteiger partial charge in [0.2, 0.25) is 0 Å². The van der Waals surface area contributed by atoms with E-state index in [0.717, 1.165) is 17.8 Å². The van der Waals surface area contributed by atoms with Crippen molar-refractivity contribution in [2.24, 2.45) is 0 Å². The number of nitrogens with two attached hydrogens (primary N) is 1. The first-order valence-corrected chi connectivity index (χ1v) is 6.43. The molecule has 1 aromatic carbocycles. The molecule has 1 fully saturated rings. The van der Waals surface area contributed by atoms with Crippen LogP contribution in [0.25, 0.3) is 0 Å². The number of anilines is 1. The Bertz CT molecular complexity index is 422. The van der Waals surface area contributed by atoms with Gasteiger partial charge in [0.1, 0.15) is 0 Å². The quantitative estimate of drug-likeness (QED) is 0.643.